The van der Waals surface area contributed by atoms with Gasteiger partial charge in [-0.25, -0.2) is 0 Å². The summed E-state index contributed by atoms with van der Waals surface area (Å²) in [6.45, 7) is 17.9. The smallest absolute Gasteiger partial charge is 0.0804 e. The molecule has 12 aromatic rings. The van der Waals surface area contributed by atoms with Crippen LogP contribution in [0.4, 0.5) is 34.1 Å². The molecule has 0 amide bonds. The Morgan fingerprint density at radius 2 is 0.657 bits per heavy atom. The van der Waals surface area contributed by atoms with Crippen molar-refractivity contribution in [3.8, 4) is 11.4 Å². The Bertz CT molecular complexity index is 3610. The van der Waals surface area contributed by atoms with E-state index in [1.165, 1.54) is 75.3 Å². The van der Waals surface area contributed by atoms with E-state index in [0.717, 1.165) is 45.5 Å². The summed E-state index contributed by atoms with van der Waals surface area (Å²) >= 11 is 3.62. The van der Waals surface area contributed by atoms with Crippen LogP contribution in [0.15, 0.2) is 193 Å². The fraction of sp³-hybridized carbons (Fsp3) is 0.156. The highest BCUT2D eigenvalue weighted by molar-refractivity contribution is 7.17. The first-order valence-corrected chi connectivity index (χ1v) is 26.1. The predicted octanol–water partition coefficient (Wildman–Crippen LogP) is 19.3. The van der Waals surface area contributed by atoms with E-state index in [9.17, 15) is 0 Å². The third-order valence-corrected chi connectivity index (χ3v) is 15.9. The van der Waals surface area contributed by atoms with Gasteiger partial charge in [-0.1, -0.05) is 101 Å². The lowest BCUT2D eigenvalue weighted by Crippen LogP contribution is -2.13. The summed E-state index contributed by atoms with van der Waals surface area (Å²) in [6.07, 6.45) is 0. The molecule has 0 bridgehead atoms. The molecule has 4 heterocycles. The third-order valence-electron chi connectivity index (χ3n) is 14.1. The van der Waals surface area contributed by atoms with Gasteiger partial charge in [0.25, 0.3) is 0 Å². The van der Waals surface area contributed by atoms with E-state index in [1.807, 2.05) is 22.7 Å². The van der Waals surface area contributed by atoms with Crippen LogP contribution >= 0.6 is 22.7 Å². The summed E-state index contributed by atoms with van der Waals surface area (Å²) < 4.78 is 7.61. The molecule has 0 saturated carbocycles. The van der Waals surface area contributed by atoms with Gasteiger partial charge in [0.2, 0.25) is 0 Å². The molecule has 0 spiro atoms. The molecular weight excluding hydrogens is 889 g/mol. The molecule has 70 heavy (non-hydrogen) atoms. The lowest BCUT2D eigenvalue weighted by atomic mass is 9.87. The lowest BCUT2D eigenvalue weighted by molar-refractivity contribution is 0.590. The molecule has 8 aromatic carbocycles. The van der Waals surface area contributed by atoms with Gasteiger partial charge in [0.15, 0.2) is 0 Å². The number of benzene rings is 8. The van der Waals surface area contributed by atoms with Crippen molar-refractivity contribution in [1.29, 1.82) is 0 Å². The molecular formula is C64H56N4S2. The number of hydrogen-bond acceptors (Lipinski definition) is 4. The standard InChI is InChI=1S/C64H56N4S2/c1-41-9-17-47(18-10-41)65(49-21-13-45(14-22-49)63(3,4)5)51-25-29-53(30-26-51)67-57-37-43-33-35-69-59(43)39-55(57)62-61(67)56-40-60-44(34-36-70-60)38-58(56)68(62)54-31-27-52(28-32-54)66(48-19-11-42(2)12-20-48)50-23-15-46(16-24-50)64(6,7)8/h9-40H,1-8H3. The molecule has 0 saturated heterocycles. The van der Waals surface area contributed by atoms with Crippen molar-refractivity contribution in [3.63, 3.8) is 0 Å². The van der Waals surface area contributed by atoms with Crippen molar-refractivity contribution in [1.82, 2.24) is 9.13 Å². The number of hydrogen-bond donors (Lipinski definition) is 0. The van der Waals surface area contributed by atoms with Gasteiger partial charge >= 0.3 is 0 Å². The number of thiophene rings is 2. The van der Waals surface area contributed by atoms with Crippen molar-refractivity contribution in [2.75, 3.05) is 9.80 Å². The Labute approximate surface area is 418 Å². The van der Waals surface area contributed by atoms with Crippen LogP contribution in [0, 0.1) is 13.8 Å². The molecule has 0 unspecified atom stereocenters. The van der Waals surface area contributed by atoms with E-state index >= 15 is 0 Å². The van der Waals surface area contributed by atoms with E-state index in [2.05, 4.69) is 267 Å². The van der Waals surface area contributed by atoms with Gasteiger partial charge < -0.3 is 18.9 Å². The van der Waals surface area contributed by atoms with Gasteiger partial charge in [0, 0.05) is 65.7 Å². The molecule has 0 aliphatic heterocycles. The zero-order chi connectivity index (χ0) is 48.1. The first-order chi connectivity index (χ1) is 33.8. The highest BCUT2D eigenvalue weighted by atomic mass is 32.1. The number of nitrogens with zero attached hydrogens (tertiary/aromatic N) is 4. The molecule has 0 aliphatic carbocycles. The maximum absolute atomic E-state index is 2.52. The normalized spacial score (nSPS) is 12.3. The lowest BCUT2D eigenvalue weighted by Gasteiger charge is -2.27. The fourth-order valence-corrected chi connectivity index (χ4v) is 11.9. The first-order valence-electron chi connectivity index (χ1n) is 24.3. The van der Waals surface area contributed by atoms with Gasteiger partial charge in [-0.15, -0.1) is 22.7 Å². The van der Waals surface area contributed by atoms with Crippen LogP contribution < -0.4 is 9.80 Å². The highest BCUT2D eigenvalue weighted by Gasteiger charge is 2.25. The second-order valence-corrected chi connectivity index (χ2v) is 22.9. The Kier molecular flexibility index (Phi) is 10.4. The number of fused-ring (bicyclic) bond motifs is 7. The summed E-state index contributed by atoms with van der Waals surface area (Å²) in [5.41, 5.74) is 19.1. The van der Waals surface area contributed by atoms with Crippen LogP contribution in [0.1, 0.15) is 63.8 Å². The minimum absolute atomic E-state index is 0.0679. The maximum Gasteiger partial charge on any atom is 0.0804 e. The average Bonchev–Trinajstić information content (AvgIpc) is 4.15. The highest BCUT2D eigenvalue weighted by Crippen LogP contribution is 2.46. The fourth-order valence-electron chi connectivity index (χ4n) is 10.2. The Hall–Kier alpha value is -7.38. The Balaban J connectivity index is 1.05. The number of rotatable bonds is 8. The quantitative estimate of drug-likeness (QED) is 0.151. The average molecular weight is 945 g/mol. The largest absolute Gasteiger partial charge is 0.311 e. The van der Waals surface area contributed by atoms with Gasteiger partial charge in [-0.2, -0.15) is 0 Å². The topological polar surface area (TPSA) is 16.3 Å². The zero-order valence-electron chi connectivity index (χ0n) is 41.1. The van der Waals surface area contributed by atoms with Crippen LogP contribution in [0.2, 0.25) is 0 Å². The van der Waals surface area contributed by atoms with E-state index in [1.54, 1.807) is 0 Å². The second kappa shape index (κ2) is 16.6. The number of aryl methyl sites for hydroxylation is 2. The Morgan fingerprint density at radius 1 is 0.357 bits per heavy atom. The number of anilines is 6. The molecule has 344 valence electrons. The molecule has 4 nitrogen and oxygen atoms in total. The summed E-state index contributed by atoms with van der Waals surface area (Å²) in [4.78, 5) is 4.75. The van der Waals surface area contributed by atoms with Gasteiger partial charge in [0.1, 0.15) is 0 Å². The summed E-state index contributed by atoms with van der Waals surface area (Å²) in [5.74, 6) is 0. The van der Waals surface area contributed by atoms with E-state index < -0.39 is 0 Å². The van der Waals surface area contributed by atoms with Crippen molar-refractivity contribution in [3.05, 3.63) is 215 Å². The van der Waals surface area contributed by atoms with E-state index in [-0.39, 0.29) is 10.8 Å². The van der Waals surface area contributed by atoms with Gasteiger partial charge in [-0.05, 0) is 191 Å². The monoisotopic (exact) mass is 944 g/mol. The minimum atomic E-state index is 0.0679. The van der Waals surface area contributed by atoms with Crippen LogP contribution in [0.25, 0.3) is 64.4 Å². The molecule has 4 aromatic heterocycles. The molecule has 0 fully saturated rings. The summed E-state index contributed by atoms with van der Waals surface area (Å²) in [5, 5.41) is 9.41. The minimum Gasteiger partial charge on any atom is -0.311 e. The van der Waals surface area contributed by atoms with Gasteiger partial charge in [-0.3, -0.25) is 0 Å². The number of aromatic nitrogens is 2. The van der Waals surface area contributed by atoms with Crippen molar-refractivity contribution >= 4 is 110 Å². The van der Waals surface area contributed by atoms with Crippen LogP contribution in [0.5, 0.6) is 0 Å². The Morgan fingerprint density at radius 3 is 0.971 bits per heavy atom. The molecule has 6 heteroatoms. The SMILES string of the molecule is Cc1ccc(N(c2ccc(-n3c4cc5ccsc5cc4c4c3c3cc5sccc5cc3n4-c3ccc(N(c4ccc(C)cc4)c4ccc(C(C)(C)C)cc4)cc3)cc2)c2ccc(C(C)(C)C)cc2)cc1. The zero-order valence-corrected chi connectivity index (χ0v) is 42.7. The van der Waals surface area contributed by atoms with Crippen LogP contribution in [-0.2, 0) is 10.8 Å². The summed E-state index contributed by atoms with van der Waals surface area (Å²) in [7, 11) is 0. The van der Waals surface area contributed by atoms with Crippen molar-refractivity contribution in [2.24, 2.45) is 0 Å². The molecule has 0 N–H and O–H groups in total. The second-order valence-electron chi connectivity index (χ2n) is 21.0. The van der Waals surface area contributed by atoms with Crippen molar-refractivity contribution in [2.45, 2.75) is 66.2 Å². The predicted molar refractivity (Wildman–Crippen MR) is 305 cm³/mol. The van der Waals surface area contributed by atoms with Crippen LogP contribution in [0.3, 0.4) is 0 Å². The molecule has 0 aliphatic rings. The molecule has 0 atom stereocenters. The van der Waals surface area contributed by atoms with E-state index in [0.29, 0.717) is 0 Å². The van der Waals surface area contributed by atoms with Gasteiger partial charge in [0.05, 0.1) is 22.1 Å². The molecule has 0 radical (unpaired) electrons. The van der Waals surface area contributed by atoms with E-state index in [4.69, 9.17) is 0 Å². The first kappa shape index (κ1) is 43.9. The van der Waals surface area contributed by atoms with Crippen molar-refractivity contribution < 1.29 is 0 Å². The molecule has 12 rings (SSSR count). The summed E-state index contributed by atoms with van der Waals surface area (Å²) in [6, 6.07) is 68.5. The van der Waals surface area contributed by atoms with Crippen LogP contribution in [-0.4, -0.2) is 9.13 Å². The maximum atomic E-state index is 2.52. The third kappa shape index (κ3) is 7.58.